The predicted molar refractivity (Wildman–Crippen MR) is 89.5 cm³/mol. The monoisotopic (exact) mass is 358 g/mol. The molecule has 0 unspecified atom stereocenters. The molecule has 0 radical (unpaired) electrons. The normalized spacial score (nSPS) is 10.6. The summed E-state index contributed by atoms with van der Waals surface area (Å²) in [6.07, 6.45) is 0. The molecule has 3 aromatic carbocycles. The van der Waals surface area contributed by atoms with E-state index < -0.39 is 23.4 Å². The van der Waals surface area contributed by atoms with Gasteiger partial charge in [0.15, 0.2) is 11.6 Å². The number of aromatic carboxylic acids is 1. The average Bonchev–Trinajstić information content (AvgIpc) is 2.63. The standard InChI is InChI=1S/C20H13F3O3/c21-16-10-18(23)17(22)9-14(16)13-6-7-19(15(8-13)20(24)25)26-11-12-4-2-1-3-5-12/h1-10H,11H2,(H,24,25). The van der Waals surface area contributed by atoms with Crippen molar-refractivity contribution in [1.82, 2.24) is 0 Å². The van der Waals surface area contributed by atoms with Crippen LogP contribution < -0.4 is 4.74 Å². The molecular weight excluding hydrogens is 345 g/mol. The summed E-state index contributed by atoms with van der Waals surface area (Å²) in [7, 11) is 0. The molecule has 132 valence electrons. The third-order valence-corrected chi connectivity index (χ3v) is 3.77. The van der Waals surface area contributed by atoms with Crippen LogP contribution in [0.2, 0.25) is 0 Å². The smallest absolute Gasteiger partial charge is 0.339 e. The zero-order chi connectivity index (χ0) is 18.7. The average molecular weight is 358 g/mol. The largest absolute Gasteiger partial charge is 0.488 e. The number of hydrogen-bond acceptors (Lipinski definition) is 2. The van der Waals surface area contributed by atoms with E-state index in [0.717, 1.165) is 5.56 Å². The van der Waals surface area contributed by atoms with Gasteiger partial charge in [-0.05, 0) is 29.3 Å². The van der Waals surface area contributed by atoms with Gasteiger partial charge in [-0.2, -0.15) is 0 Å². The predicted octanol–water partition coefficient (Wildman–Crippen LogP) is 5.05. The van der Waals surface area contributed by atoms with Crippen LogP contribution in [0.25, 0.3) is 11.1 Å². The zero-order valence-electron chi connectivity index (χ0n) is 13.4. The molecule has 0 aliphatic rings. The Morgan fingerprint density at radius 1 is 0.885 bits per heavy atom. The van der Waals surface area contributed by atoms with Crippen LogP contribution in [0.5, 0.6) is 5.75 Å². The van der Waals surface area contributed by atoms with Crippen molar-refractivity contribution < 1.29 is 27.8 Å². The Morgan fingerprint density at radius 2 is 1.58 bits per heavy atom. The summed E-state index contributed by atoms with van der Waals surface area (Å²) in [6.45, 7) is 0.153. The molecule has 0 aliphatic carbocycles. The van der Waals surface area contributed by atoms with Gasteiger partial charge in [-0.15, -0.1) is 0 Å². The van der Waals surface area contributed by atoms with Gasteiger partial charge in [-0.1, -0.05) is 36.4 Å². The van der Waals surface area contributed by atoms with E-state index in [4.69, 9.17) is 4.74 Å². The molecule has 26 heavy (non-hydrogen) atoms. The quantitative estimate of drug-likeness (QED) is 0.650. The fraction of sp³-hybridized carbons (Fsp3) is 0.0500. The number of rotatable bonds is 5. The van der Waals surface area contributed by atoms with E-state index in [2.05, 4.69) is 0 Å². The summed E-state index contributed by atoms with van der Waals surface area (Å²) in [5.41, 5.74) is 0.508. The van der Waals surface area contributed by atoms with Crippen molar-refractivity contribution in [1.29, 1.82) is 0 Å². The Morgan fingerprint density at radius 3 is 2.27 bits per heavy atom. The summed E-state index contributed by atoms with van der Waals surface area (Å²) in [5, 5.41) is 9.39. The Labute approximate surface area is 147 Å². The van der Waals surface area contributed by atoms with Gasteiger partial charge in [0.1, 0.15) is 23.7 Å². The highest BCUT2D eigenvalue weighted by Crippen LogP contribution is 2.30. The Kier molecular flexibility index (Phi) is 4.93. The molecule has 6 heteroatoms. The van der Waals surface area contributed by atoms with Gasteiger partial charge in [0.25, 0.3) is 0 Å². The molecule has 0 saturated heterocycles. The molecular formula is C20H13F3O3. The highest BCUT2D eigenvalue weighted by Gasteiger charge is 2.17. The first kappa shape index (κ1) is 17.5. The van der Waals surface area contributed by atoms with Crippen molar-refractivity contribution in [2.45, 2.75) is 6.61 Å². The first-order valence-electron chi connectivity index (χ1n) is 7.64. The second-order valence-electron chi connectivity index (χ2n) is 5.54. The summed E-state index contributed by atoms with van der Waals surface area (Å²) in [6, 6.07) is 14.2. The molecule has 0 amide bonds. The number of carbonyl (C=O) groups is 1. The van der Waals surface area contributed by atoms with Crippen LogP contribution >= 0.6 is 0 Å². The number of carboxylic acids is 1. The van der Waals surface area contributed by atoms with Crippen molar-refractivity contribution in [2.75, 3.05) is 0 Å². The molecule has 3 rings (SSSR count). The van der Waals surface area contributed by atoms with Crippen LogP contribution in [0.1, 0.15) is 15.9 Å². The summed E-state index contributed by atoms with van der Waals surface area (Å²) >= 11 is 0. The van der Waals surface area contributed by atoms with Crippen LogP contribution in [0, 0.1) is 17.5 Å². The van der Waals surface area contributed by atoms with Gasteiger partial charge in [-0.25, -0.2) is 18.0 Å². The van der Waals surface area contributed by atoms with Gasteiger partial charge in [-0.3, -0.25) is 0 Å². The van der Waals surface area contributed by atoms with E-state index in [0.29, 0.717) is 12.1 Å². The Bertz CT molecular complexity index is 956. The molecule has 0 aromatic heterocycles. The van der Waals surface area contributed by atoms with Crippen LogP contribution in [0.3, 0.4) is 0 Å². The van der Waals surface area contributed by atoms with Gasteiger partial charge >= 0.3 is 5.97 Å². The minimum Gasteiger partial charge on any atom is -0.488 e. The molecule has 0 fully saturated rings. The highest BCUT2D eigenvalue weighted by atomic mass is 19.2. The minimum atomic E-state index is -1.31. The molecule has 0 saturated carbocycles. The zero-order valence-corrected chi connectivity index (χ0v) is 13.4. The van der Waals surface area contributed by atoms with Crippen LogP contribution in [-0.4, -0.2) is 11.1 Å². The SMILES string of the molecule is O=C(O)c1cc(-c2cc(F)c(F)cc2F)ccc1OCc1ccccc1. The topological polar surface area (TPSA) is 46.5 Å². The maximum Gasteiger partial charge on any atom is 0.339 e. The Balaban J connectivity index is 1.94. The van der Waals surface area contributed by atoms with Gasteiger partial charge in [0.05, 0.1) is 0 Å². The molecule has 0 bridgehead atoms. The van der Waals surface area contributed by atoms with E-state index in [1.54, 1.807) is 0 Å². The van der Waals surface area contributed by atoms with E-state index in [1.165, 1.54) is 18.2 Å². The molecule has 0 aliphatic heterocycles. The first-order chi connectivity index (χ1) is 12.5. The molecule has 3 aromatic rings. The third kappa shape index (κ3) is 3.69. The number of halogens is 3. The molecule has 3 nitrogen and oxygen atoms in total. The fourth-order valence-corrected chi connectivity index (χ4v) is 2.47. The van der Waals surface area contributed by atoms with Gasteiger partial charge in [0, 0.05) is 11.6 Å². The van der Waals surface area contributed by atoms with E-state index in [9.17, 15) is 23.1 Å². The Hall–Kier alpha value is -3.28. The van der Waals surface area contributed by atoms with Crippen LogP contribution in [0.15, 0.2) is 60.7 Å². The lowest BCUT2D eigenvalue weighted by Gasteiger charge is -2.12. The van der Waals surface area contributed by atoms with E-state index in [-0.39, 0.29) is 29.0 Å². The minimum absolute atomic E-state index is 0.0908. The van der Waals surface area contributed by atoms with Gasteiger partial charge in [0.2, 0.25) is 0 Å². The second kappa shape index (κ2) is 7.31. The lowest BCUT2D eigenvalue weighted by molar-refractivity contribution is 0.0692. The first-order valence-corrected chi connectivity index (χ1v) is 7.64. The number of ether oxygens (including phenoxy) is 1. The van der Waals surface area contributed by atoms with Crippen molar-refractivity contribution in [3.63, 3.8) is 0 Å². The van der Waals surface area contributed by atoms with Gasteiger partial charge < -0.3 is 9.84 Å². The fourth-order valence-electron chi connectivity index (χ4n) is 2.47. The van der Waals surface area contributed by atoms with Crippen LogP contribution in [-0.2, 0) is 6.61 Å². The van der Waals surface area contributed by atoms with Crippen molar-refractivity contribution in [3.05, 3.63) is 89.2 Å². The van der Waals surface area contributed by atoms with Crippen molar-refractivity contribution in [2.24, 2.45) is 0 Å². The number of carboxylic acid groups (broad SMARTS) is 1. The maximum atomic E-state index is 13.9. The number of hydrogen-bond donors (Lipinski definition) is 1. The number of benzene rings is 3. The maximum absolute atomic E-state index is 13.9. The lowest BCUT2D eigenvalue weighted by Crippen LogP contribution is -2.04. The van der Waals surface area contributed by atoms with Crippen LogP contribution in [0.4, 0.5) is 13.2 Å². The summed E-state index contributed by atoms with van der Waals surface area (Å²) in [5.74, 6) is -4.71. The van der Waals surface area contributed by atoms with Crippen molar-refractivity contribution >= 4 is 5.97 Å². The molecule has 0 heterocycles. The lowest BCUT2D eigenvalue weighted by atomic mass is 10.0. The van der Waals surface area contributed by atoms with Crippen molar-refractivity contribution in [3.8, 4) is 16.9 Å². The molecule has 0 spiro atoms. The molecule has 0 atom stereocenters. The van der Waals surface area contributed by atoms with E-state index >= 15 is 0 Å². The van der Waals surface area contributed by atoms with E-state index in [1.807, 2.05) is 30.3 Å². The summed E-state index contributed by atoms with van der Waals surface area (Å²) in [4.78, 5) is 11.5. The second-order valence-corrected chi connectivity index (χ2v) is 5.54. The third-order valence-electron chi connectivity index (χ3n) is 3.77. The molecule has 1 N–H and O–H groups in total. The highest BCUT2D eigenvalue weighted by molar-refractivity contribution is 5.92. The summed E-state index contributed by atoms with van der Waals surface area (Å²) < 4.78 is 46.0.